The highest BCUT2D eigenvalue weighted by atomic mass is 19.1. The largest absolute Gasteiger partial charge is 0.453 e. The lowest BCUT2D eigenvalue weighted by Crippen LogP contribution is -2.04. The van der Waals surface area contributed by atoms with Crippen LogP contribution in [0.1, 0.15) is 25.5 Å². The Hall–Kier alpha value is -2.80. The van der Waals surface area contributed by atoms with Gasteiger partial charge in [0.05, 0.1) is 18.0 Å². The van der Waals surface area contributed by atoms with Crippen LogP contribution in [0.2, 0.25) is 0 Å². The molecule has 7 heteroatoms. The summed E-state index contributed by atoms with van der Waals surface area (Å²) in [5, 5.41) is 4.22. The van der Waals surface area contributed by atoms with Crippen LogP contribution in [-0.2, 0) is 6.42 Å². The number of nitrogens with two attached hydrogens (primary N) is 1. The standard InChI is InChI=1S/C18H20FN5O/c1-12(2)24-11-15(10-23-24)25-17-7-14(19)3-4-16(17)18-21-8-13(5-6-20)9-22-18/h3-4,7-12H,5-6,20H2,1-2H3. The maximum atomic E-state index is 13.7. The highest BCUT2D eigenvalue weighted by Crippen LogP contribution is 2.32. The highest BCUT2D eigenvalue weighted by molar-refractivity contribution is 5.64. The number of aromatic nitrogens is 4. The van der Waals surface area contributed by atoms with E-state index in [-0.39, 0.29) is 6.04 Å². The molecule has 0 amide bonds. The fourth-order valence-corrected chi connectivity index (χ4v) is 2.34. The predicted molar refractivity (Wildman–Crippen MR) is 92.9 cm³/mol. The lowest BCUT2D eigenvalue weighted by molar-refractivity contribution is 0.473. The molecule has 0 spiro atoms. The Kier molecular flexibility index (Phi) is 5.04. The van der Waals surface area contributed by atoms with Crippen molar-refractivity contribution in [2.75, 3.05) is 6.54 Å². The van der Waals surface area contributed by atoms with Crippen molar-refractivity contribution < 1.29 is 9.13 Å². The smallest absolute Gasteiger partial charge is 0.165 e. The minimum Gasteiger partial charge on any atom is -0.453 e. The highest BCUT2D eigenvalue weighted by Gasteiger charge is 2.13. The molecular formula is C18H20FN5O. The van der Waals surface area contributed by atoms with Gasteiger partial charge in [-0.3, -0.25) is 4.68 Å². The number of benzene rings is 1. The monoisotopic (exact) mass is 341 g/mol. The summed E-state index contributed by atoms with van der Waals surface area (Å²) in [5.41, 5.74) is 7.10. The first-order valence-corrected chi connectivity index (χ1v) is 8.09. The second kappa shape index (κ2) is 7.40. The molecule has 130 valence electrons. The van der Waals surface area contributed by atoms with Crippen LogP contribution in [0, 0.1) is 5.82 Å². The van der Waals surface area contributed by atoms with E-state index in [0.717, 1.165) is 5.56 Å². The third-order valence-corrected chi connectivity index (χ3v) is 3.66. The van der Waals surface area contributed by atoms with Crippen LogP contribution in [0.4, 0.5) is 4.39 Å². The van der Waals surface area contributed by atoms with Gasteiger partial charge >= 0.3 is 0 Å². The van der Waals surface area contributed by atoms with E-state index in [0.29, 0.717) is 35.9 Å². The van der Waals surface area contributed by atoms with Gasteiger partial charge < -0.3 is 10.5 Å². The van der Waals surface area contributed by atoms with Crippen LogP contribution in [-0.4, -0.2) is 26.3 Å². The molecule has 6 nitrogen and oxygen atoms in total. The second-order valence-electron chi connectivity index (χ2n) is 5.95. The molecule has 0 atom stereocenters. The van der Waals surface area contributed by atoms with Crippen LogP contribution in [0.5, 0.6) is 11.5 Å². The Morgan fingerprint density at radius 1 is 1.20 bits per heavy atom. The van der Waals surface area contributed by atoms with E-state index in [2.05, 4.69) is 15.1 Å². The fraction of sp³-hybridized carbons (Fsp3) is 0.278. The van der Waals surface area contributed by atoms with Crippen molar-refractivity contribution in [3.8, 4) is 22.9 Å². The molecule has 0 radical (unpaired) electrons. The first-order valence-electron chi connectivity index (χ1n) is 8.09. The van der Waals surface area contributed by atoms with Gasteiger partial charge in [0.25, 0.3) is 0 Å². The number of ether oxygens (including phenoxy) is 1. The summed E-state index contributed by atoms with van der Waals surface area (Å²) >= 11 is 0. The maximum absolute atomic E-state index is 13.7. The van der Waals surface area contributed by atoms with Gasteiger partial charge in [0, 0.05) is 24.5 Å². The van der Waals surface area contributed by atoms with Gasteiger partial charge in [0.2, 0.25) is 0 Å². The summed E-state index contributed by atoms with van der Waals surface area (Å²) in [4.78, 5) is 8.69. The third kappa shape index (κ3) is 4.00. The first-order chi connectivity index (χ1) is 12.1. The molecule has 0 saturated heterocycles. The van der Waals surface area contributed by atoms with Crippen LogP contribution in [0.25, 0.3) is 11.4 Å². The number of halogens is 1. The lowest BCUT2D eigenvalue weighted by Gasteiger charge is -2.10. The molecule has 0 aliphatic heterocycles. The van der Waals surface area contributed by atoms with Crippen LogP contribution < -0.4 is 10.5 Å². The van der Waals surface area contributed by atoms with Gasteiger partial charge in [-0.1, -0.05) is 0 Å². The van der Waals surface area contributed by atoms with Gasteiger partial charge in [-0.25, -0.2) is 14.4 Å². The van der Waals surface area contributed by atoms with Gasteiger partial charge in [-0.2, -0.15) is 5.10 Å². The van der Waals surface area contributed by atoms with Crippen molar-refractivity contribution in [1.29, 1.82) is 0 Å². The van der Waals surface area contributed by atoms with Crippen LogP contribution in [0.15, 0.2) is 43.0 Å². The molecule has 0 aliphatic carbocycles. The number of rotatable bonds is 6. The van der Waals surface area contributed by atoms with Crippen molar-refractivity contribution in [1.82, 2.24) is 19.7 Å². The van der Waals surface area contributed by atoms with Gasteiger partial charge in [0.1, 0.15) is 11.6 Å². The van der Waals surface area contributed by atoms with E-state index < -0.39 is 5.82 Å². The van der Waals surface area contributed by atoms with Crippen LogP contribution >= 0.6 is 0 Å². The average Bonchev–Trinajstić information content (AvgIpc) is 3.05. The number of hydrogen-bond acceptors (Lipinski definition) is 5. The Bertz CT molecular complexity index is 845. The van der Waals surface area contributed by atoms with E-state index in [1.165, 1.54) is 12.1 Å². The molecule has 2 N–H and O–H groups in total. The van der Waals surface area contributed by atoms with Gasteiger partial charge in [-0.05, 0) is 44.5 Å². The summed E-state index contributed by atoms with van der Waals surface area (Å²) in [5.74, 6) is 0.942. The molecule has 0 unspecified atom stereocenters. The van der Waals surface area contributed by atoms with Crippen molar-refractivity contribution in [3.05, 3.63) is 54.4 Å². The van der Waals surface area contributed by atoms with Crippen molar-refractivity contribution in [2.24, 2.45) is 5.73 Å². The maximum Gasteiger partial charge on any atom is 0.165 e. The quantitative estimate of drug-likeness (QED) is 0.744. The Morgan fingerprint density at radius 2 is 1.96 bits per heavy atom. The van der Waals surface area contributed by atoms with Crippen molar-refractivity contribution in [2.45, 2.75) is 26.3 Å². The molecule has 25 heavy (non-hydrogen) atoms. The zero-order valence-electron chi connectivity index (χ0n) is 14.2. The van der Waals surface area contributed by atoms with E-state index in [9.17, 15) is 4.39 Å². The fourth-order valence-electron chi connectivity index (χ4n) is 2.34. The number of nitrogens with zero attached hydrogens (tertiary/aromatic N) is 4. The molecule has 3 aromatic rings. The number of hydrogen-bond donors (Lipinski definition) is 1. The normalized spacial score (nSPS) is 11.1. The zero-order valence-corrected chi connectivity index (χ0v) is 14.2. The molecule has 2 aromatic heterocycles. The summed E-state index contributed by atoms with van der Waals surface area (Å²) < 4.78 is 21.3. The zero-order chi connectivity index (χ0) is 17.8. The topological polar surface area (TPSA) is 78.9 Å². The molecule has 1 aromatic carbocycles. The van der Waals surface area contributed by atoms with E-state index in [4.69, 9.17) is 10.5 Å². The minimum atomic E-state index is -0.394. The van der Waals surface area contributed by atoms with E-state index >= 15 is 0 Å². The van der Waals surface area contributed by atoms with Crippen LogP contribution in [0.3, 0.4) is 0 Å². The van der Waals surface area contributed by atoms with Gasteiger partial charge in [0.15, 0.2) is 11.6 Å². The molecule has 3 rings (SSSR count). The van der Waals surface area contributed by atoms with Crippen molar-refractivity contribution >= 4 is 0 Å². The molecular weight excluding hydrogens is 321 g/mol. The Morgan fingerprint density at radius 3 is 2.60 bits per heavy atom. The summed E-state index contributed by atoms with van der Waals surface area (Å²) in [6.07, 6.45) is 7.52. The second-order valence-corrected chi connectivity index (χ2v) is 5.95. The molecule has 2 heterocycles. The third-order valence-electron chi connectivity index (χ3n) is 3.66. The average molecular weight is 341 g/mol. The summed E-state index contributed by atoms with van der Waals surface area (Å²) in [7, 11) is 0. The molecule has 0 bridgehead atoms. The Balaban J connectivity index is 1.91. The van der Waals surface area contributed by atoms with E-state index in [1.54, 1.807) is 35.5 Å². The molecule has 0 aliphatic rings. The van der Waals surface area contributed by atoms with E-state index in [1.807, 2.05) is 13.8 Å². The van der Waals surface area contributed by atoms with Crippen molar-refractivity contribution in [3.63, 3.8) is 0 Å². The summed E-state index contributed by atoms with van der Waals surface area (Å²) in [6.45, 7) is 4.57. The lowest BCUT2D eigenvalue weighted by atomic mass is 10.1. The van der Waals surface area contributed by atoms with Gasteiger partial charge in [-0.15, -0.1) is 0 Å². The predicted octanol–water partition coefficient (Wildman–Crippen LogP) is 3.35. The minimum absolute atomic E-state index is 0.211. The first kappa shape index (κ1) is 17.0. The Labute approximate surface area is 145 Å². The molecule has 0 saturated carbocycles. The SMILES string of the molecule is CC(C)n1cc(Oc2cc(F)ccc2-c2ncc(CCN)cn2)cn1. The summed E-state index contributed by atoms with van der Waals surface area (Å²) in [6, 6.07) is 4.49. The molecule has 0 fully saturated rings.